The highest BCUT2D eigenvalue weighted by Gasteiger charge is 2.30. The molecule has 6 nitrogen and oxygen atoms in total. The van der Waals surface area contributed by atoms with Gasteiger partial charge in [-0.25, -0.2) is 0 Å². The summed E-state index contributed by atoms with van der Waals surface area (Å²) in [5.74, 6) is 0.149. The third-order valence-electron chi connectivity index (χ3n) is 4.59. The zero-order chi connectivity index (χ0) is 15.4. The first-order chi connectivity index (χ1) is 10.7. The largest absolute Gasteiger partial charge is 0.376 e. The number of nitrogens with zero attached hydrogens (tertiary/aromatic N) is 2. The molecule has 0 aliphatic carbocycles. The van der Waals surface area contributed by atoms with Crippen molar-refractivity contribution >= 4 is 23.2 Å². The first-order valence-electron chi connectivity index (χ1n) is 8.29. The molecule has 2 atom stereocenters. The molecule has 0 saturated carbocycles. The zero-order valence-corrected chi connectivity index (χ0v) is 13.8. The molecule has 124 valence electrons. The van der Waals surface area contributed by atoms with E-state index in [1.807, 2.05) is 4.90 Å². The van der Waals surface area contributed by atoms with E-state index in [0.29, 0.717) is 12.7 Å². The number of amides is 1. The monoisotopic (exact) mass is 327 g/mol. The summed E-state index contributed by atoms with van der Waals surface area (Å²) in [4.78, 5) is 16.3. The van der Waals surface area contributed by atoms with E-state index in [1.165, 1.54) is 0 Å². The molecular formula is C15H25N3O3S. The van der Waals surface area contributed by atoms with E-state index in [4.69, 9.17) is 21.7 Å². The van der Waals surface area contributed by atoms with E-state index in [-0.39, 0.29) is 12.0 Å². The first kappa shape index (κ1) is 16.0. The van der Waals surface area contributed by atoms with Crippen molar-refractivity contribution < 1.29 is 14.3 Å². The fraction of sp³-hybridized carbons (Fsp3) is 0.867. The van der Waals surface area contributed by atoms with Gasteiger partial charge in [-0.2, -0.15) is 0 Å². The average Bonchev–Trinajstić information content (AvgIpc) is 3.25. The van der Waals surface area contributed by atoms with Gasteiger partial charge in [-0.3, -0.25) is 4.79 Å². The lowest BCUT2D eigenvalue weighted by molar-refractivity contribution is -0.142. The van der Waals surface area contributed by atoms with Crippen molar-refractivity contribution in [3.05, 3.63) is 0 Å². The van der Waals surface area contributed by atoms with Crippen LogP contribution in [-0.4, -0.2) is 79.0 Å². The number of carbonyl (C=O) groups excluding carboxylic acids is 1. The van der Waals surface area contributed by atoms with Gasteiger partial charge >= 0.3 is 0 Å². The van der Waals surface area contributed by atoms with Crippen molar-refractivity contribution in [3.63, 3.8) is 0 Å². The Labute approximate surface area is 137 Å². The van der Waals surface area contributed by atoms with Gasteiger partial charge in [0, 0.05) is 45.9 Å². The molecule has 0 aromatic carbocycles. The number of piperazine rings is 1. The molecule has 22 heavy (non-hydrogen) atoms. The molecule has 0 aromatic rings. The van der Waals surface area contributed by atoms with Crippen LogP contribution in [0.4, 0.5) is 0 Å². The van der Waals surface area contributed by atoms with E-state index in [0.717, 1.165) is 70.1 Å². The highest BCUT2D eigenvalue weighted by Crippen LogP contribution is 2.16. The predicted octanol–water partition coefficient (Wildman–Crippen LogP) is 0.363. The van der Waals surface area contributed by atoms with Gasteiger partial charge in [-0.1, -0.05) is 0 Å². The number of carbonyl (C=O) groups is 1. The smallest absolute Gasteiger partial charge is 0.251 e. The standard InChI is InChI=1S/C15H25N3O3S/c19-14(13-4-2-10-21-13)17-5-7-18(8-6-17)15(22)16-11-12-3-1-9-20-12/h12-13H,1-11H2,(H,16,22)/t12-,13-/m1/s1. The number of nitrogens with one attached hydrogen (secondary N) is 1. The minimum absolute atomic E-state index is 0.149. The fourth-order valence-corrected chi connectivity index (χ4v) is 3.49. The second-order valence-corrected chi connectivity index (χ2v) is 6.52. The molecule has 3 aliphatic heterocycles. The van der Waals surface area contributed by atoms with Crippen LogP contribution in [0.2, 0.25) is 0 Å². The molecule has 1 amide bonds. The van der Waals surface area contributed by atoms with Crippen molar-refractivity contribution in [1.82, 2.24) is 15.1 Å². The molecule has 3 heterocycles. The van der Waals surface area contributed by atoms with Crippen LogP contribution in [0.1, 0.15) is 25.7 Å². The topological polar surface area (TPSA) is 54.0 Å². The van der Waals surface area contributed by atoms with Crippen molar-refractivity contribution in [2.45, 2.75) is 37.9 Å². The molecule has 0 bridgehead atoms. The Balaban J connectivity index is 1.38. The Morgan fingerprint density at radius 1 is 1.05 bits per heavy atom. The molecular weight excluding hydrogens is 302 g/mol. The number of hydrogen-bond acceptors (Lipinski definition) is 4. The van der Waals surface area contributed by atoms with Crippen LogP contribution < -0.4 is 5.32 Å². The van der Waals surface area contributed by atoms with Gasteiger partial charge in [-0.05, 0) is 37.9 Å². The van der Waals surface area contributed by atoms with Gasteiger partial charge in [0.15, 0.2) is 5.11 Å². The summed E-state index contributed by atoms with van der Waals surface area (Å²) in [6.45, 7) is 5.39. The van der Waals surface area contributed by atoms with Crippen molar-refractivity contribution in [3.8, 4) is 0 Å². The third-order valence-corrected chi connectivity index (χ3v) is 4.99. The van der Waals surface area contributed by atoms with E-state index >= 15 is 0 Å². The second kappa shape index (κ2) is 7.57. The SMILES string of the molecule is O=C([C@H]1CCCO1)N1CCN(C(=S)NC[C@H]2CCCO2)CC1. The van der Waals surface area contributed by atoms with Crippen LogP contribution >= 0.6 is 12.2 Å². The first-order valence-corrected chi connectivity index (χ1v) is 8.69. The summed E-state index contributed by atoms with van der Waals surface area (Å²) in [5, 5.41) is 4.08. The van der Waals surface area contributed by atoms with Crippen LogP contribution in [0, 0.1) is 0 Å². The van der Waals surface area contributed by atoms with E-state index in [2.05, 4.69) is 10.2 Å². The van der Waals surface area contributed by atoms with Crippen LogP contribution in [0.3, 0.4) is 0 Å². The van der Waals surface area contributed by atoms with Crippen LogP contribution in [0.5, 0.6) is 0 Å². The summed E-state index contributed by atoms with van der Waals surface area (Å²) in [7, 11) is 0. The van der Waals surface area contributed by atoms with Crippen LogP contribution in [0.25, 0.3) is 0 Å². The molecule has 1 N–H and O–H groups in total. The highest BCUT2D eigenvalue weighted by atomic mass is 32.1. The summed E-state index contributed by atoms with van der Waals surface area (Å²) in [6.07, 6.45) is 4.19. The lowest BCUT2D eigenvalue weighted by atomic mass is 10.2. The average molecular weight is 327 g/mol. The van der Waals surface area contributed by atoms with Crippen LogP contribution in [0.15, 0.2) is 0 Å². The lowest BCUT2D eigenvalue weighted by Crippen LogP contribution is -2.55. The van der Waals surface area contributed by atoms with E-state index in [1.54, 1.807) is 0 Å². The third kappa shape index (κ3) is 3.88. The lowest BCUT2D eigenvalue weighted by Gasteiger charge is -2.37. The van der Waals surface area contributed by atoms with Crippen molar-refractivity contribution in [2.24, 2.45) is 0 Å². The molecule has 7 heteroatoms. The summed E-state index contributed by atoms with van der Waals surface area (Å²) >= 11 is 5.45. The normalized spacial score (nSPS) is 28.9. The number of hydrogen-bond donors (Lipinski definition) is 1. The second-order valence-electron chi connectivity index (χ2n) is 6.14. The maximum Gasteiger partial charge on any atom is 0.251 e. The molecule has 0 unspecified atom stereocenters. The summed E-state index contributed by atoms with van der Waals surface area (Å²) < 4.78 is 11.1. The molecule has 3 rings (SSSR count). The minimum atomic E-state index is -0.212. The van der Waals surface area contributed by atoms with Crippen molar-refractivity contribution in [2.75, 3.05) is 45.9 Å². The van der Waals surface area contributed by atoms with Crippen LogP contribution in [-0.2, 0) is 14.3 Å². The van der Waals surface area contributed by atoms with Gasteiger partial charge in [0.1, 0.15) is 6.10 Å². The molecule has 0 spiro atoms. The Hall–Kier alpha value is -0.920. The van der Waals surface area contributed by atoms with Gasteiger partial charge in [0.05, 0.1) is 6.10 Å². The summed E-state index contributed by atoms with van der Waals surface area (Å²) in [6, 6.07) is 0. The molecule has 0 radical (unpaired) electrons. The molecule has 0 aromatic heterocycles. The molecule has 3 fully saturated rings. The Morgan fingerprint density at radius 3 is 2.36 bits per heavy atom. The van der Waals surface area contributed by atoms with E-state index < -0.39 is 0 Å². The minimum Gasteiger partial charge on any atom is -0.376 e. The Morgan fingerprint density at radius 2 is 1.73 bits per heavy atom. The zero-order valence-electron chi connectivity index (χ0n) is 13.0. The summed E-state index contributed by atoms with van der Waals surface area (Å²) in [5.41, 5.74) is 0. The number of thiocarbonyl (C=S) groups is 1. The van der Waals surface area contributed by atoms with Gasteiger partial charge in [0.25, 0.3) is 5.91 Å². The van der Waals surface area contributed by atoms with Crippen molar-refractivity contribution in [1.29, 1.82) is 0 Å². The molecule has 3 aliphatic rings. The maximum atomic E-state index is 12.3. The number of ether oxygens (including phenoxy) is 2. The number of rotatable bonds is 3. The highest BCUT2D eigenvalue weighted by molar-refractivity contribution is 7.80. The van der Waals surface area contributed by atoms with Gasteiger partial charge in [-0.15, -0.1) is 0 Å². The molecule has 3 saturated heterocycles. The Bertz CT molecular complexity index is 401. The van der Waals surface area contributed by atoms with Gasteiger partial charge in [0.2, 0.25) is 0 Å². The Kier molecular flexibility index (Phi) is 5.49. The van der Waals surface area contributed by atoms with E-state index in [9.17, 15) is 4.79 Å². The fourth-order valence-electron chi connectivity index (χ4n) is 3.22. The van der Waals surface area contributed by atoms with Gasteiger partial charge < -0.3 is 24.6 Å². The quantitative estimate of drug-likeness (QED) is 0.756. The maximum absolute atomic E-state index is 12.3. The predicted molar refractivity (Wildman–Crippen MR) is 86.7 cm³/mol.